The van der Waals surface area contributed by atoms with E-state index < -0.39 is 89.6 Å². The first-order valence-corrected chi connectivity index (χ1v) is 19.1. The molecule has 0 atom stereocenters. The van der Waals surface area contributed by atoms with Gasteiger partial charge >= 0.3 is 0 Å². The van der Waals surface area contributed by atoms with Crippen LogP contribution in [0, 0.1) is 10.8 Å². The molecule has 0 saturated heterocycles. The van der Waals surface area contributed by atoms with Crippen LogP contribution in [0.1, 0.15) is 34.1 Å². The average Bonchev–Trinajstić information content (AvgIpc) is 2.82. The lowest BCUT2D eigenvalue weighted by atomic mass is 9.41. The summed E-state index contributed by atoms with van der Waals surface area (Å²) in [5.74, 6) is -1.69. The largest absolute Gasteiger partial charge is 0.270 e. The van der Waals surface area contributed by atoms with Gasteiger partial charge in [0, 0.05) is 22.7 Å². The molecule has 2 bridgehead atoms. The highest BCUT2D eigenvalue weighted by atomic mass is 32.2. The maximum Gasteiger partial charge on any atom is 0.264 e. The minimum Gasteiger partial charge on any atom is -0.270 e. The topological polar surface area (TPSA) is 173 Å². The zero-order valence-electron chi connectivity index (χ0n) is 22.1. The zero-order valence-corrected chi connectivity index (χ0v) is 25.4. The first-order chi connectivity index (χ1) is 18.3. The molecule has 2 aromatic carbocycles. The highest BCUT2D eigenvalue weighted by Crippen LogP contribution is 2.70. The summed E-state index contributed by atoms with van der Waals surface area (Å²) in [4.78, 5) is 0. The molecule has 0 radical (unpaired) electrons. The van der Waals surface area contributed by atoms with Crippen LogP contribution in [0.2, 0.25) is 0 Å². The molecule has 0 heterocycles. The van der Waals surface area contributed by atoms with Crippen molar-refractivity contribution < 1.29 is 50.4 Å². The van der Waals surface area contributed by atoms with Crippen LogP contribution in [0.25, 0.3) is 0 Å². The van der Waals surface area contributed by atoms with Gasteiger partial charge in [0.1, 0.15) is 0 Å². The molecule has 0 aliphatic heterocycles. The maximum atomic E-state index is 12.3. The molecular formula is C24H30O12S4. The minimum absolute atomic E-state index is 0.690. The molecule has 0 amide bonds. The van der Waals surface area contributed by atoms with Gasteiger partial charge in [-0.15, -0.1) is 0 Å². The molecule has 40 heavy (non-hydrogen) atoms. The van der Waals surface area contributed by atoms with Gasteiger partial charge < -0.3 is 0 Å². The third-order valence-corrected chi connectivity index (χ3v) is 9.64. The van der Waals surface area contributed by atoms with Crippen LogP contribution >= 0.6 is 0 Å². The Labute approximate surface area is 235 Å². The van der Waals surface area contributed by atoms with Gasteiger partial charge in [0.05, 0.1) is 51.5 Å². The summed E-state index contributed by atoms with van der Waals surface area (Å²) < 4.78 is 120. The second-order valence-corrected chi connectivity index (χ2v) is 16.9. The van der Waals surface area contributed by atoms with Gasteiger partial charge in [-0.1, -0.05) is 48.5 Å². The van der Waals surface area contributed by atoms with Gasteiger partial charge in [-0.05, 0) is 22.3 Å². The van der Waals surface area contributed by atoms with Crippen LogP contribution in [0.15, 0.2) is 48.5 Å². The van der Waals surface area contributed by atoms with Crippen molar-refractivity contribution >= 4 is 40.5 Å². The lowest BCUT2D eigenvalue weighted by molar-refractivity contribution is -0.123. The summed E-state index contributed by atoms with van der Waals surface area (Å²) >= 11 is 0. The molecule has 12 nitrogen and oxygen atoms in total. The molecule has 0 aromatic heterocycles. The Morgan fingerprint density at radius 1 is 0.475 bits per heavy atom. The second-order valence-electron chi connectivity index (χ2n) is 10.3. The van der Waals surface area contributed by atoms with E-state index in [1.807, 2.05) is 0 Å². The van der Waals surface area contributed by atoms with Crippen molar-refractivity contribution in [1.29, 1.82) is 0 Å². The van der Waals surface area contributed by atoms with Crippen molar-refractivity contribution in [3.63, 3.8) is 0 Å². The summed E-state index contributed by atoms with van der Waals surface area (Å²) in [6, 6.07) is 14.2. The standard InChI is InChI=1S/C24H30O12S4/c1-37(25,26)33-13-23(14-34-38(2,27)28)21-17-9-5-7-11-19(17)22(20-12-8-6-10-18(20)21)24(23,15-35-39(3,29)30)16-36-40(4,31)32/h5-12,21-22H,13-16H2,1-4H3. The predicted octanol–water partition coefficient (Wildman–Crippen LogP) is 1.16. The van der Waals surface area contributed by atoms with Crippen LogP contribution < -0.4 is 0 Å². The summed E-state index contributed by atoms with van der Waals surface area (Å²) in [5.41, 5.74) is -0.710. The number of benzene rings is 2. The first kappa shape index (κ1) is 31.0. The number of hydrogen-bond donors (Lipinski definition) is 0. The molecule has 0 spiro atoms. The van der Waals surface area contributed by atoms with Crippen molar-refractivity contribution in [2.75, 3.05) is 51.5 Å². The highest BCUT2D eigenvalue weighted by molar-refractivity contribution is 7.86. The van der Waals surface area contributed by atoms with E-state index in [9.17, 15) is 33.7 Å². The van der Waals surface area contributed by atoms with Crippen LogP contribution in [0.3, 0.4) is 0 Å². The number of fused-ring (bicyclic) bond motifs is 1. The average molecular weight is 639 g/mol. The van der Waals surface area contributed by atoms with Gasteiger partial charge in [-0.2, -0.15) is 33.7 Å². The summed E-state index contributed by atoms with van der Waals surface area (Å²) in [6.07, 6.45) is 3.23. The molecule has 3 aliphatic carbocycles. The van der Waals surface area contributed by atoms with Crippen LogP contribution in [0.5, 0.6) is 0 Å². The van der Waals surface area contributed by atoms with Crippen LogP contribution in [-0.2, 0) is 57.2 Å². The van der Waals surface area contributed by atoms with Gasteiger partial charge in [0.2, 0.25) is 0 Å². The first-order valence-electron chi connectivity index (χ1n) is 11.8. The molecule has 16 heteroatoms. The van der Waals surface area contributed by atoms with E-state index in [-0.39, 0.29) is 0 Å². The quantitative estimate of drug-likeness (QED) is 0.304. The summed E-state index contributed by atoms with van der Waals surface area (Å²) in [6.45, 7) is -2.81. The van der Waals surface area contributed by atoms with Crippen molar-refractivity contribution in [3.05, 3.63) is 70.8 Å². The Morgan fingerprint density at radius 2 is 0.675 bits per heavy atom. The molecular weight excluding hydrogens is 609 g/mol. The number of rotatable bonds is 12. The molecule has 2 aromatic rings. The van der Waals surface area contributed by atoms with Crippen LogP contribution in [-0.4, -0.2) is 85.1 Å². The molecule has 0 N–H and O–H groups in total. The minimum atomic E-state index is -4.15. The summed E-state index contributed by atoms with van der Waals surface area (Å²) in [5, 5.41) is 0. The Kier molecular flexibility index (Phi) is 8.08. The Morgan fingerprint density at radius 3 is 0.850 bits per heavy atom. The van der Waals surface area contributed by atoms with E-state index in [4.69, 9.17) is 16.7 Å². The Hall–Kier alpha value is -1.92. The highest BCUT2D eigenvalue weighted by Gasteiger charge is 2.69. The number of hydrogen-bond acceptors (Lipinski definition) is 12. The van der Waals surface area contributed by atoms with E-state index >= 15 is 0 Å². The van der Waals surface area contributed by atoms with E-state index in [1.165, 1.54) is 0 Å². The SMILES string of the molecule is CS(=O)(=O)OCC1(COS(C)(=O)=O)C2c3ccccc3C(c3ccccc32)C1(COS(C)(=O)=O)COS(C)(=O)=O. The van der Waals surface area contributed by atoms with E-state index in [1.54, 1.807) is 48.5 Å². The molecule has 5 rings (SSSR count). The fourth-order valence-electron chi connectivity index (χ4n) is 6.01. The van der Waals surface area contributed by atoms with E-state index in [0.29, 0.717) is 22.3 Å². The Balaban J connectivity index is 2.14. The second kappa shape index (κ2) is 10.4. The zero-order chi connectivity index (χ0) is 29.8. The molecule has 0 saturated carbocycles. The van der Waals surface area contributed by atoms with E-state index in [2.05, 4.69) is 0 Å². The monoisotopic (exact) mass is 638 g/mol. The van der Waals surface area contributed by atoms with Gasteiger partial charge in [-0.3, -0.25) is 16.7 Å². The lowest BCUT2D eigenvalue weighted by Crippen LogP contribution is -2.65. The molecule has 0 fully saturated rings. The van der Waals surface area contributed by atoms with Crippen molar-refractivity contribution in [2.45, 2.75) is 11.8 Å². The molecule has 222 valence electrons. The van der Waals surface area contributed by atoms with Gasteiger partial charge in [0.15, 0.2) is 0 Å². The fourth-order valence-corrected chi connectivity index (χ4v) is 7.71. The van der Waals surface area contributed by atoms with Crippen molar-refractivity contribution in [2.24, 2.45) is 10.8 Å². The van der Waals surface area contributed by atoms with Crippen molar-refractivity contribution in [3.8, 4) is 0 Å². The van der Waals surface area contributed by atoms with E-state index in [0.717, 1.165) is 25.0 Å². The fraction of sp³-hybridized carbons (Fsp3) is 0.500. The van der Waals surface area contributed by atoms with Crippen LogP contribution in [0.4, 0.5) is 0 Å². The molecule has 0 unspecified atom stereocenters. The third kappa shape index (κ3) is 6.13. The van der Waals surface area contributed by atoms with Gasteiger partial charge in [0.25, 0.3) is 40.5 Å². The molecule has 3 aliphatic rings. The van der Waals surface area contributed by atoms with Gasteiger partial charge in [-0.25, -0.2) is 0 Å². The third-order valence-electron chi connectivity index (χ3n) is 7.46. The smallest absolute Gasteiger partial charge is 0.264 e. The predicted molar refractivity (Wildman–Crippen MR) is 145 cm³/mol. The maximum absolute atomic E-state index is 12.3. The lowest BCUT2D eigenvalue weighted by Gasteiger charge is -2.64. The summed E-state index contributed by atoms with van der Waals surface area (Å²) in [7, 11) is -16.6. The Bertz CT molecular complexity index is 1480. The van der Waals surface area contributed by atoms with Crippen molar-refractivity contribution in [1.82, 2.24) is 0 Å². The normalized spacial score (nSPS) is 21.5.